The Morgan fingerprint density at radius 2 is 1.61 bits per heavy atom. The highest BCUT2D eigenvalue weighted by Gasteiger charge is 2.25. The monoisotopic (exact) mass is 550 g/mol. The molecule has 5 heteroatoms. The zero-order valence-electron chi connectivity index (χ0n) is 25.2. The first-order valence-electron chi connectivity index (χ1n) is 14.5. The zero-order chi connectivity index (χ0) is 29.2. The van der Waals surface area contributed by atoms with Crippen molar-refractivity contribution in [2.24, 2.45) is 0 Å². The lowest BCUT2D eigenvalue weighted by atomic mass is 9.87. The number of nitrogens with zero attached hydrogens (tertiary/aromatic N) is 2. The minimum atomic E-state index is -0.500. The molecule has 1 aromatic heterocycles. The van der Waals surface area contributed by atoms with E-state index in [1.165, 1.54) is 27.6 Å². The fraction of sp³-hybridized carbons (Fsp3) is 0.361. The minimum absolute atomic E-state index is 0.123. The summed E-state index contributed by atoms with van der Waals surface area (Å²) in [6.07, 6.45) is 4.96. The lowest BCUT2D eigenvalue weighted by Crippen LogP contribution is -2.39. The van der Waals surface area contributed by atoms with Gasteiger partial charge in [-0.2, -0.15) is 0 Å². The average molecular weight is 551 g/mol. The number of fused-ring (bicyclic) bond motifs is 1. The molecule has 0 saturated heterocycles. The van der Waals surface area contributed by atoms with Gasteiger partial charge in [0.2, 0.25) is 0 Å². The van der Waals surface area contributed by atoms with Crippen LogP contribution in [0.25, 0.3) is 16.5 Å². The van der Waals surface area contributed by atoms with Crippen molar-refractivity contribution in [2.45, 2.75) is 72.1 Å². The molecule has 3 aromatic carbocycles. The van der Waals surface area contributed by atoms with Crippen LogP contribution < -0.4 is 4.74 Å². The first kappa shape index (κ1) is 28.5. The minimum Gasteiger partial charge on any atom is -0.489 e. The lowest BCUT2D eigenvalue weighted by Gasteiger charge is -2.29. The Kier molecular flexibility index (Phi) is 7.99. The van der Waals surface area contributed by atoms with E-state index < -0.39 is 5.60 Å². The summed E-state index contributed by atoms with van der Waals surface area (Å²) in [6.45, 7) is 14.9. The maximum atomic E-state index is 12.6. The predicted molar refractivity (Wildman–Crippen MR) is 167 cm³/mol. The third-order valence-electron chi connectivity index (χ3n) is 7.48. The molecule has 5 nitrogen and oxygen atoms in total. The summed E-state index contributed by atoms with van der Waals surface area (Å²) < 4.78 is 14.1. The van der Waals surface area contributed by atoms with Gasteiger partial charge in [-0.25, -0.2) is 4.79 Å². The molecule has 5 rings (SSSR count). The molecule has 0 fully saturated rings. The maximum absolute atomic E-state index is 12.6. The van der Waals surface area contributed by atoms with Gasteiger partial charge in [-0.15, -0.1) is 0 Å². The Morgan fingerprint density at radius 1 is 0.878 bits per heavy atom. The number of hydrogen-bond donors (Lipinski definition) is 0. The van der Waals surface area contributed by atoms with Gasteiger partial charge in [0.25, 0.3) is 0 Å². The summed E-state index contributed by atoms with van der Waals surface area (Å²) in [7, 11) is 0. The van der Waals surface area contributed by atoms with Crippen molar-refractivity contribution in [3.63, 3.8) is 0 Å². The lowest BCUT2D eigenvalue weighted by molar-refractivity contribution is 0.0270. The number of hydrogen-bond acceptors (Lipinski definition) is 3. The quantitative estimate of drug-likeness (QED) is 0.241. The molecule has 2 heterocycles. The first-order valence-corrected chi connectivity index (χ1v) is 14.5. The molecule has 214 valence electrons. The third-order valence-corrected chi connectivity index (χ3v) is 7.48. The Balaban J connectivity index is 1.44. The Bertz CT molecular complexity index is 1530. The van der Waals surface area contributed by atoms with Crippen LogP contribution in [-0.4, -0.2) is 34.3 Å². The van der Waals surface area contributed by atoms with E-state index in [1.54, 1.807) is 4.90 Å². The summed E-state index contributed by atoms with van der Waals surface area (Å²) in [4.78, 5) is 14.4. The van der Waals surface area contributed by atoms with Crippen LogP contribution in [0.3, 0.4) is 0 Å². The molecule has 0 saturated carbocycles. The van der Waals surface area contributed by atoms with E-state index in [2.05, 4.69) is 92.2 Å². The van der Waals surface area contributed by atoms with Crippen LogP contribution >= 0.6 is 0 Å². The summed E-state index contributed by atoms with van der Waals surface area (Å²) in [6, 6.07) is 25.6. The highest BCUT2D eigenvalue weighted by molar-refractivity contribution is 5.94. The first-order chi connectivity index (χ1) is 19.5. The average Bonchev–Trinajstić information content (AvgIpc) is 3.29. The fourth-order valence-electron chi connectivity index (χ4n) is 5.20. The van der Waals surface area contributed by atoms with E-state index in [0.29, 0.717) is 19.7 Å². The molecule has 1 aliphatic heterocycles. The van der Waals surface area contributed by atoms with Crippen LogP contribution in [0.15, 0.2) is 85.1 Å². The van der Waals surface area contributed by atoms with Crippen LogP contribution in [0.2, 0.25) is 0 Å². The molecular weight excluding hydrogens is 508 g/mol. The van der Waals surface area contributed by atoms with Crippen LogP contribution in [0.4, 0.5) is 4.79 Å². The maximum Gasteiger partial charge on any atom is 0.410 e. The fourth-order valence-corrected chi connectivity index (χ4v) is 5.20. The standard InChI is InChI=1S/C36H42N2O3/c1-35(2,3)29-14-12-26(13-15-29)23-38-24-32(28-18-20-37(21-19-28)34(39)41-36(4,5)6)31-17-16-30(22-33(31)38)40-25-27-10-8-7-9-11-27/h7-18,22,24H,19-21,23,25H2,1-6H3. The summed E-state index contributed by atoms with van der Waals surface area (Å²) in [5.41, 5.74) is 6.96. The number of amides is 1. The van der Waals surface area contributed by atoms with Crippen LogP contribution in [-0.2, 0) is 23.3 Å². The molecule has 0 radical (unpaired) electrons. The predicted octanol–water partition coefficient (Wildman–Crippen LogP) is 8.59. The van der Waals surface area contributed by atoms with Crippen LogP contribution in [0.5, 0.6) is 5.75 Å². The van der Waals surface area contributed by atoms with Crippen molar-refractivity contribution in [2.75, 3.05) is 13.1 Å². The van der Waals surface area contributed by atoms with Gasteiger partial charge < -0.3 is 18.9 Å². The van der Waals surface area contributed by atoms with E-state index in [4.69, 9.17) is 9.47 Å². The van der Waals surface area contributed by atoms with Gasteiger partial charge in [0.1, 0.15) is 18.0 Å². The van der Waals surface area contributed by atoms with Gasteiger partial charge in [0.15, 0.2) is 0 Å². The Morgan fingerprint density at radius 3 is 2.24 bits per heavy atom. The summed E-state index contributed by atoms with van der Waals surface area (Å²) in [5.74, 6) is 0.851. The summed E-state index contributed by atoms with van der Waals surface area (Å²) in [5, 5.41) is 1.19. The van der Waals surface area contributed by atoms with Gasteiger partial charge in [-0.1, -0.05) is 81.4 Å². The van der Waals surface area contributed by atoms with Gasteiger partial charge in [-0.05, 0) is 67.0 Å². The molecule has 0 unspecified atom stereocenters. The molecule has 41 heavy (non-hydrogen) atoms. The zero-order valence-corrected chi connectivity index (χ0v) is 25.2. The highest BCUT2D eigenvalue weighted by Crippen LogP contribution is 2.34. The van der Waals surface area contributed by atoms with E-state index in [0.717, 1.165) is 29.8 Å². The largest absolute Gasteiger partial charge is 0.489 e. The van der Waals surface area contributed by atoms with Crippen LogP contribution in [0.1, 0.15) is 70.2 Å². The van der Waals surface area contributed by atoms with Crippen molar-refractivity contribution < 1.29 is 14.3 Å². The van der Waals surface area contributed by atoms with E-state index in [-0.39, 0.29) is 11.5 Å². The van der Waals surface area contributed by atoms with Gasteiger partial charge in [0, 0.05) is 42.8 Å². The smallest absolute Gasteiger partial charge is 0.410 e. The molecule has 0 spiro atoms. The van der Waals surface area contributed by atoms with Gasteiger partial charge in [0.05, 0.1) is 5.52 Å². The van der Waals surface area contributed by atoms with Crippen molar-refractivity contribution >= 4 is 22.6 Å². The molecule has 1 aliphatic rings. The second-order valence-corrected chi connectivity index (χ2v) is 13.0. The molecule has 0 aliphatic carbocycles. The Hall–Kier alpha value is -3.99. The van der Waals surface area contributed by atoms with E-state index in [1.807, 2.05) is 39.0 Å². The third kappa shape index (κ3) is 7.02. The SMILES string of the molecule is CC(C)(C)OC(=O)N1CC=C(c2cn(Cc3ccc(C(C)(C)C)cc3)c3cc(OCc4ccccc4)ccc23)CC1. The van der Waals surface area contributed by atoms with Crippen molar-refractivity contribution in [3.8, 4) is 5.75 Å². The number of carbonyl (C=O) groups excluding carboxylic acids is 1. The number of rotatable bonds is 6. The van der Waals surface area contributed by atoms with Gasteiger partial charge in [-0.3, -0.25) is 0 Å². The van der Waals surface area contributed by atoms with Gasteiger partial charge >= 0.3 is 6.09 Å². The molecule has 0 atom stereocenters. The molecule has 0 N–H and O–H groups in total. The molecule has 0 bridgehead atoms. The van der Waals surface area contributed by atoms with Crippen molar-refractivity contribution in [1.82, 2.24) is 9.47 Å². The number of ether oxygens (including phenoxy) is 2. The van der Waals surface area contributed by atoms with E-state index >= 15 is 0 Å². The molecule has 4 aromatic rings. The molecular formula is C36H42N2O3. The van der Waals surface area contributed by atoms with Crippen LogP contribution in [0, 0.1) is 0 Å². The number of carbonyl (C=O) groups is 1. The second-order valence-electron chi connectivity index (χ2n) is 13.0. The molecule has 1 amide bonds. The second kappa shape index (κ2) is 11.5. The summed E-state index contributed by atoms with van der Waals surface area (Å²) >= 11 is 0. The topological polar surface area (TPSA) is 43.7 Å². The highest BCUT2D eigenvalue weighted by atomic mass is 16.6. The van der Waals surface area contributed by atoms with Crippen molar-refractivity contribution in [3.05, 3.63) is 107 Å². The number of benzene rings is 3. The number of aromatic nitrogens is 1. The normalized spacial score (nSPS) is 14.2. The van der Waals surface area contributed by atoms with E-state index in [9.17, 15) is 4.79 Å². The van der Waals surface area contributed by atoms with Crippen molar-refractivity contribution in [1.29, 1.82) is 0 Å². The Labute approximate surface area is 244 Å².